The van der Waals surface area contributed by atoms with Gasteiger partial charge in [-0.1, -0.05) is 57.6 Å². The molecule has 0 aromatic rings. The van der Waals surface area contributed by atoms with Crippen LogP contribution in [0, 0.1) is 0 Å². The van der Waals surface area contributed by atoms with E-state index in [-0.39, 0.29) is 0 Å². The van der Waals surface area contributed by atoms with Gasteiger partial charge in [-0.05, 0) is 12.8 Å². The van der Waals surface area contributed by atoms with Crippen molar-refractivity contribution in [1.29, 1.82) is 0 Å². The highest BCUT2D eigenvalue weighted by Gasteiger charge is 2.17. The minimum absolute atomic E-state index is 0.984. The first-order valence-electron chi connectivity index (χ1n) is 5.21. The second kappa shape index (κ2) is 5.58. The normalized spacial score (nSPS) is 13.6. The predicted octanol–water partition coefficient (Wildman–Crippen LogP) is 4.39. The van der Waals surface area contributed by atoms with Crippen molar-refractivity contribution in [2.75, 3.05) is 0 Å². The molecule has 0 aliphatic carbocycles. The third kappa shape index (κ3) is 4.76. The van der Waals surface area contributed by atoms with Gasteiger partial charge in [0.1, 0.15) is 0 Å². The SMILES string of the molecule is CCC/C=C(/CCC)[Si](C)(C)C. The summed E-state index contributed by atoms with van der Waals surface area (Å²) in [4.78, 5) is 0. The van der Waals surface area contributed by atoms with Gasteiger partial charge in [-0.2, -0.15) is 0 Å². The molecule has 0 saturated heterocycles. The van der Waals surface area contributed by atoms with E-state index in [1.165, 1.54) is 25.7 Å². The van der Waals surface area contributed by atoms with Gasteiger partial charge in [-0.25, -0.2) is 0 Å². The van der Waals surface area contributed by atoms with Crippen molar-refractivity contribution >= 4 is 8.07 Å². The van der Waals surface area contributed by atoms with E-state index in [0.717, 1.165) is 0 Å². The second-order valence-electron chi connectivity index (χ2n) is 4.52. The Labute approximate surface area is 79.1 Å². The molecular weight excluding hydrogens is 160 g/mol. The van der Waals surface area contributed by atoms with Crippen LogP contribution in [0.25, 0.3) is 0 Å². The van der Waals surface area contributed by atoms with Gasteiger partial charge in [-0.3, -0.25) is 0 Å². The highest BCUT2D eigenvalue weighted by atomic mass is 28.3. The summed E-state index contributed by atoms with van der Waals surface area (Å²) < 4.78 is 0. The molecule has 72 valence electrons. The van der Waals surface area contributed by atoms with Gasteiger partial charge in [0, 0.05) is 0 Å². The fraction of sp³-hybridized carbons (Fsp3) is 0.818. The van der Waals surface area contributed by atoms with Gasteiger partial charge in [-0.15, -0.1) is 0 Å². The van der Waals surface area contributed by atoms with Crippen molar-refractivity contribution in [2.24, 2.45) is 0 Å². The van der Waals surface area contributed by atoms with E-state index in [1.807, 2.05) is 0 Å². The Morgan fingerprint density at radius 1 is 1.08 bits per heavy atom. The molecule has 0 heterocycles. The molecule has 0 aliphatic heterocycles. The number of rotatable bonds is 5. The summed E-state index contributed by atoms with van der Waals surface area (Å²) in [5, 5.41) is 1.77. The standard InChI is InChI=1S/C11H24Si/c1-6-8-10-11(9-7-2)12(3,4)5/h10H,6-9H2,1-5H3/b11-10-. The molecule has 0 aromatic heterocycles. The summed E-state index contributed by atoms with van der Waals surface area (Å²) in [6.07, 6.45) is 7.70. The van der Waals surface area contributed by atoms with Crippen molar-refractivity contribution in [2.45, 2.75) is 59.2 Å². The molecule has 0 bridgehead atoms. The zero-order valence-electron chi connectivity index (χ0n) is 9.41. The molecule has 0 amide bonds. The molecule has 0 atom stereocenters. The first-order valence-corrected chi connectivity index (χ1v) is 8.71. The van der Waals surface area contributed by atoms with Crippen LogP contribution in [-0.2, 0) is 0 Å². The zero-order chi connectivity index (χ0) is 9.61. The molecule has 1 heteroatoms. The van der Waals surface area contributed by atoms with Crippen molar-refractivity contribution in [1.82, 2.24) is 0 Å². The topological polar surface area (TPSA) is 0 Å². The van der Waals surface area contributed by atoms with Gasteiger partial charge in [0.2, 0.25) is 0 Å². The van der Waals surface area contributed by atoms with Crippen LogP contribution in [-0.4, -0.2) is 8.07 Å². The maximum atomic E-state index is 2.50. The molecule has 12 heavy (non-hydrogen) atoms. The van der Waals surface area contributed by atoms with E-state index < -0.39 is 8.07 Å². The summed E-state index contributed by atoms with van der Waals surface area (Å²) in [6.45, 7) is 11.9. The maximum Gasteiger partial charge on any atom is 0.0720 e. The van der Waals surface area contributed by atoms with Crippen molar-refractivity contribution in [3.05, 3.63) is 11.3 Å². The molecule has 0 aromatic carbocycles. The minimum atomic E-state index is -0.984. The molecule has 0 radical (unpaired) electrons. The number of hydrogen-bond acceptors (Lipinski definition) is 0. The Morgan fingerprint density at radius 3 is 2.00 bits per heavy atom. The van der Waals surface area contributed by atoms with Gasteiger partial charge in [0.15, 0.2) is 0 Å². The average molecular weight is 184 g/mol. The lowest BCUT2D eigenvalue weighted by Crippen LogP contribution is -2.23. The largest absolute Gasteiger partial charge is 0.0892 e. The lowest BCUT2D eigenvalue weighted by Gasteiger charge is -2.20. The summed E-state index contributed by atoms with van der Waals surface area (Å²) in [5.41, 5.74) is 0. The summed E-state index contributed by atoms with van der Waals surface area (Å²) >= 11 is 0. The monoisotopic (exact) mass is 184 g/mol. The van der Waals surface area contributed by atoms with Crippen LogP contribution in [0.1, 0.15) is 39.5 Å². The fourth-order valence-corrected chi connectivity index (χ4v) is 3.13. The lowest BCUT2D eigenvalue weighted by molar-refractivity contribution is 0.902. The fourth-order valence-electron chi connectivity index (χ4n) is 1.37. The number of hydrogen-bond donors (Lipinski definition) is 0. The van der Waals surface area contributed by atoms with Crippen LogP contribution < -0.4 is 0 Å². The molecule has 0 nitrogen and oxygen atoms in total. The molecule has 0 fully saturated rings. The van der Waals surface area contributed by atoms with E-state index in [1.54, 1.807) is 5.20 Å². The van der Waals surface area contributed by atoms with Crippen LogP contribution in [0.2, 0.25) is 19.6 Å². The minimum Gasteiger partial charge on any atom is -0.0892 e. The number of allylic oxidation sites excluding steroid dienone is 2. The average Bonchev–Trinajstić information content (AvgIpc) is 1.95. The Hall–Kier alpha value is -0.0431. The molecule has 0 saturated carbocycles. The van der Waals surface area contributed by atoms with E-state index in [9.17, 15) is 0 Å². The molecule has 0 aliphatic rings. The first-order chi connectivity index (χ1) is 5.52. The highest BCUT2D eigenvalue weighted by Crippen LogP contribution is 2.20. The molecule has 0 rings (SSSR count). The Morgan fingerprint density at radius 2 is 1.67 bits per heavy atom. The Balaban J connectivity index is 4.22. The number of unbranched alkanes of at least 4 members (excludes halogenated alkanes) is 1. The van der Waals surface area contributed by atoms with Crippen molar-refractivity contribution < 1.29 is 0 Å². The van der Waals surface area contributed by atoms with Gasteiger partial charge in [0.25, 0.3) is 0 Å². The molecule has 0 N–H and O–H groups in total. The third-order valence-electron chi connectivity index (χ3n) is 2.16. The van der Waals surface area contributed by atoms with Crippen LogP contribution in [0.15, 0.2) is 11.3 Å². The molecular formula is C11H24Si. The van der Waals surface area contributed by atoms with Gasteiger partial charge < -0.3 is 0 Å². The Bertz CT molecular complexity index is 140. The zero-order valence-corrected chi connectivity index (χ0v) is 10.4. The first kappa shape index (κ1) is 12.0. The summed E-state index contributed by atoms with van der Waals surface area (Å²) in [6, 6.07) is 0. The van der Waals surface area contributed by atoms with Gasteiger partial charge in [0.05, 0.1) is 8.07 Å². The quantitative estimate of drug-likeness (QED) is 0.556. The third-order valence-corrected chi connectivity index (χ3v) is 4.54. The molecule has 0 spiro atoms. The van der Waals surface area contributed by atoms with Crippen LogP contribution in [0.5, 0.6) is 0 Å². The van der Waals surface area contributed by atoms with E-state index >= 15 is 0 Å². The van der Waals surface area contributed by atoms with Crippen LogP contribution >= 0.6 is 0 Å². The van der Waals surface area contributed by atoms with Crippen molar-refractivity contribution in [3.63, 3.8) is 0 Å². The van der Waals surface area contributed by atoms with Gasteiger partial charge >= 0.3 is 0 Å². The smallest absolute Gasteiger partial charge is 0.0720 e. The predicted molar refractivity (Wildman–Crippen MR) is 61.2 cm³/mol. The Kier molecular flexibility index (Phi) is 5.56. The van der Waals surface area contributed by atoms with Crippen molar-refractivity contribution in [3.8, 4) is 0 Å². The van der Waals surface area contributed by atoms with E-state index in [2.05, 4.69) is 39.6 Å². The van der Waals surface area contributed by atoms with E-state index in [0.29, 0.717) is 0 Å². The van der Waals surface area contributed by atoms with Crippen LogP contribution in [0.4, 0.5) is 0 Å². The second-order valence-corrected chi connectivity index (χ2v) is 9.66. The van der Waals surface area contributed by atoms with E-state index in [4.69, 9.17) is 0 Å². The summed E-state index contributed by atoms with van der Waals surface area (Å²) in [7, 11) is -0.984. The van der Waals surface area contributed by atoms with Crippen LogP contribution in [0.3, 0.4) is 0 Å². The lowest BCUT2D eigenvalue weighted by atomic mass is 10.2. The maximum absolute atomic E-state index is 2.50. The molecule has 0 unspecified atom stereocenters. The summed E-state index contributed by atoms with van der Waals surface area (Å²) in [5.74, 6) is 0. The highest BCUT2D eigenvalue weighted by molar-refractivity contribution is 6.83.